The van der Waals surface area contributed by atoms with Crippen LogP contribution in [0.5, 0.6) is 0 Å². The number of carbonyl (C=O) groups is 2. The summed E-state index contributed by atoms with van der Waals surface area (Å²) in [5, 5.41) is 0.606. The Morgan fingerprint density at radius 2 is 1.75 bits per heavy atom. The number of rotatable bonds is 5. The van der Waals surface area contributed by atoms with Crippen LogP contribution in [0, 0.1) is 13.8 Å². The van der Waals surface area contributed by atoms with Crippen LogP contribution in [0.15, 0.2) is 42.5 Å². The number of hydrogen-bond donors (Lipinski definition) is 0. The van der Waals surface area contributed by atoms with Crippen molar-refractivity contribution >= 4 is 34.5 Å². The second-order valence-electron chi connectivity index (χ2n) is 6.55. The fraction of sp³-hybridized carbons (Fsp3) is 0.238. The number of benzene rings is 2. The van der Waals surface area contributed by atoms with Gasteiger partial charge >= 0.3 is 5.97 Å². The largest absolute Gasteiger partial charge is 0.452 e. The second-order valence-corrected chi connectivity index (χ2v) is 6.99. The summed E-state index contributed by atoms with van der Waals surface area (Å²) in [6.45, 7) is 3.78. The van der Waals surface area contributed by atoms with Crippen LogP contribution >= 0.6 is 11.6 Å². The highest BCUT2D eigenvalue weighted by molar-refractivity contribution is 6.30. The van der Waals surface area contributed by atoms with Crippen molar-refractivity contribution in [1.82, 2.24) is 14.9 Å². The summed E-state index contributed by atoms with van der Waals surface area (Å²) in [4.78, 5) is 34.9. The molecule has 7 heteroatoms. The van der Waals surface area contributed by atoms with Crippen LogP contribution in [-0.4, -0.2) is 40.4 Å². The number of carbonyl (C=O) groups excluding carboxylic acids is 2. The molecule has 28 heavy (non-hydrogen) atoms. The number of fused-ring (bicyclic) bond motifs is 1. The lowest BCUT2D eigenvalue weighted by Gasteiger charge is -2.17. The molecule has 3 rings (SSSR count). The summed E-state index contributed by atoms with van der Waals surface area (Å²) in [6.07, 6.45) is 0. The predicted molar refractivity (Wildman–Crippen MR) is 107 cm³/mol. The molecule has 2 aromatic carbocycles. The molecule has 0 radical (unpaired) electrons. The Morgan fingerprint density at radius 1 is 1.04 bits per heavy atom. The average molecular weight is 398 g/mol. The summed E-state index contributed by atoms with van der Waals surface area (Å²) in [5.74, 6) is -0.883. The minimum Gasteiger partial charge on any atom is -0.452 e. The van der Waals surface area contributed by atoms with Crippen molar-refractivity contribution in [1.29, 1.82) is 0 Å². The Hall–Kier alpha value is -2.99. The molecule has 0 unspecified atom stereocenters. The van der Waals surface area contributed by atoms with Crippen LogP contribution in [0.2, 0.25) is 5.02 Å². The Labute approximate surface area is 168 Å². The number of likely N-dealkylation sites (N-methyl/N-ethyl adjacent to an activating group) is 1. The first-order valence-corrected chi connectivity index (χ1v) is 9.12. The van der Waals surface area contributed by atoms with Crippen molar-refractivity contribution in [3.05, 3.63) is 70.0 Å². The third kappa shape index (κ3) is 4.64. The zero-order valence-electron chi connectivity index (χ0n) is 15.9. The van der Waals surface area contributed by atoms with E-state index in [1.807, 2.05) is 26.0 Å². The van der Waals surface area contributed by atoms with Gasteiger partial charge in [-0.15, -0.1) is 0 Å². The van der Waals surface area contributed by atoms with Crippen LogP contribution < -0.4 is 0 Å². The van der Waals surface area contributed by atoms with Gasteiger partial charge in [0, 0.05) is 18.6 Å². The summed E-state index contributed by atoms with van der Waals surface area (Å²) in [6, 6.07) is 12.2. The van der Waals surface area contributed by atoms with E-state index in [0.717, 1.165) is 17.0 Å². The van der Waals surface area contributed by atoms with Gasteiger partial charge in [0.2, 0.25) is 0 Å². The van der Waals surface area contributed by atoms with Crippen molar-refractivity contribution in [2.24, 2.45) is 0 Å². The zero-order chi connectivity index (χ0) is 20.3. The first-order chi connectivity index (χ1) is 13.3. The second kappa shape index (κ2) is 8.35. The summed E-state index contributed by atoms with van der Waals surface area (Å²) in [7, 11) is 1.65. The van der Waals surface area contributed by atoms with Gasteiger partial charge in [-0.25, -0.2) is 14.8 Å². The van der Waals surface area contributed by atoms with Gasteiger partial charge in [0.25, 0.3) is 5.91 Å². The van der Waals surface area contributed by atoms with E-state index in [1.165, 1.54) is 4.90 Å². The summed E-state index contributed by atoms with van der Waals surface area (Å²) in [5.41, 5.74) is 4.19. The maximum absolute atomic E-state index is 12.3. The first-order valence-electron chi connectivity index (χ1n) is 8.74. The molecular formula is C21H20ClN3O3. The molecule has 0 atom stereocenters. The van der Waals surface area contributed by atoms with Crippen LogP contribution in [-0.2, 0) is 16.1 Å². The molecule has 0 N–H and O–H groups in total. The number of aromatic nitrogens is 2. The van der Waals surface area contributed by atoms with Crippen LogP contribution in [0.1, 0.15) is 27.3 Å². The van der Waals surface area contributed by atoms with Gasteiger partial charge in [-0.05, 0) is 49.7 Å². The average Bonchev–Trinajstić information content (AvgIpc) is 2.66. The van der Waals surface area contributed by atoms with Gasteiger partial charge < -0.3 is 9.64 Å². The van der Waals surface area contributed by atoms with E-state index in [1.54, 1.807) is 37.4 Å². The van der Waals surface area contributed by atoms with Crippen molar-refractivity contribution in [2.45, 2.75) is 20.4 Å². The van der Waals surface area contributed by atoms with Crippen LogP contribution in [0.25, 0.3) is 11.0 Å². The third-order valence-corrected chi connectivity index (χ3v) is 4.61. The van der Waals surface area contributed by atoms with E-state index in [2.05, 4.69) is 9.97 Å². The minimum atomic E-state index is -0.577. The lowest BCUT2D eigenvalue weighted by molar-refractivity contribution is -0.133. The molecule has 144 valence electrons. The topological polar surface area (TPSA) is 72.4 Å². The monoisotopic (exact) mass is 397 g/mol. The Morgan fingerprint density at radius 3 is 2.46 bits per heavy atom. The van der Waals surface area contributed by atoms with E-state index in [9.17, 15) is 9.59 Å². The van der Waals surface area contributed by atoms with Crippen molar-refractivity contribution in [3.63, 3.8) is 0 Å². The Balaban J connectivity index is 1.62. The number of nitrogens with zero attached hydrogens (tertiary/aromatic N) is 3. The maximum atomic E-state index is 12.3. The normalized spacial score (nSPS) is 10.7. The van der Waals surface area contributed by atoms with Crippen molar-refractivity contribution < 1.29 is 14.3 Å². The zero-order valence-corrected chi connectivity index (χ0v) is 16.7. The number of ether oxygens (including phenoxy) is 1. The maximum Gasteiger partial charge on any atom is 0.338 e. The smallest absolute Gasteiger partial charge is 0.338 e. The van der Waals surface area contributed by atoms with E-state index in [0.29, 0.717) is 28.2 Å². The van der Waals surface area contributed by atoms with E-state index in [4.69, 9.17) is 16.3 Å². The van der Waals surface area contributed by atoms with E-state index in [-0.39, 0.29) is 12.5 Å². The van der Waals surface area contributed by atoms with Gasteiger partial charge in [-0.2, -0.15) is 0 Å². The number of aryl methyl sites for hydroxylation is 2. The highest BCUT2D eigenvalue weighted by Crippen LogP contribution is 2.16. The van der Waals surface area contributed by atoms with E-state index >= 15 is 0 Å². The standard InChI is InChI=1S/C21H20ClN3O3/c1-13-14(2)24-19-10-16(7-8-18(19)23-13)21(27)28-12-20(26)25(3)11-15-5-4-6-17(22)9-15/h4-10H,11-12H2,1-3H3. The van der Waals surface area contributed by atoms with Crippen molar-refractivity contribution in [2.75, 3.05) is 13.7 Å². The highest BCUT2D eigenvalue weighted by atomic mass is 35.5. The van der Waals surface area contributed by atoms with Crippen LogP contribution in [0.3, 0.4) is 0 Å². The molecule has 1 aromatic heterocycles. The van der Waals surface area contributed by atoms with E-state index < -0.39 is 5.97 Å². The van der Waals surface area contributed by atoms with Crippen LogP contribution in [0.4, 0.5) is 0 Å². The molecule has 6 nitrogen and oxygen atoms in total. The number of halogens is 1. The summed E-state index contributed by atoms with van der Waals surface area (Å²) < 4.78 is 5.17. The molecule has 0 saturated carbocycles. The molecule has 0 aliphatic carbocycles. The molecule has 0 saturated heterocycles. The van der Waals surface area contributed by atoms with Gasteiger partial charge in [-0.1, -0.05) is 23.7 Å². The molecule has 0 aliphatic heterocycles. The molecule has 0 bridgehead atoms. The fourth-order valence-electron chi connectivity index (χ4n) is 2.68. The molecule has 0 fully saturated rings. The van der Waals surface area contributed by atoms with Gasteiger partial charge in [0.1, 0.15) is 0 Å². The fourth-order valence-corrected chi connectivity index (χ4v) is 2.89. The Bertz CT molecular complexity index is 1050. The molecule has 1 heterocycles. The lowest BCUT2D eigenvalue weighted by Crippen LogP contribution is -2.30. The molecule has 1 amide bonds. The number of hydrogen-bond acceptors (Lipinski definition) is 5. The predicted octanol–water partition coefficient (Wildman–Crippen LogP) is 3.72. The first kappa shape index (κ1) is 19.8. The highest BCUT2D eigenvalue weighted by Gasteiger charge is 2.15. The number of esters is 1. The molecule has 0 spiro atoms. The van der Waals surface area contributed by atoms with Gasteiger partial charge in [-0.3, -0.25) is 4.79 Å². The SMILES string of the molecule is Cc1nc2ccc(C(=O)OCC(=O)N(C)Cc3cccc(Cl)c3)cc2nc1C. The molecular weight excluding hydrogens is 378 g/mol. The quantitative estimate of drug-likeness (QED) is 0.613. The Kier molecular flexibility index (Phi) is 5.90. The molecule has 0 aliphatic rings. The molecule has 3 aromatic rings. The number of amides is 1. The third-order valence-electron chi connectivity index (χ3n) is 4.37. The van der Waals surface area contributed by atoms with Gasteiger partial charge in [0.05, 0.1) is 28.0 Å². The lowest BCUT2D eigenvalue weighted by atomic mass is 10.2. The van der Waals surface area contributed by atoms with Crippen molar-refractivity contribution in [3.8, 4) is 0 Å². The minimum absolute atomic E-state index is 0.305. The van der Waals surface area contributed by atoms with Gasteiger partial charge in [0.15, 0.2) is 6.61 Å². The summed E-state index contributed by atoms with van der Waals surface area (Å²) >= 11 is 5.96.